The summed E-state index contributed by atoms with van der Waals surface area (Å²) in [5, 5.41) is 0. The SMILES string of the molecule is CCCCCCCCCCCCCCCCCCP(=O)(O)O.[KH]. The molecule has 0 saturated carbocycles. The maximum absolute atomic E-state index is 10.7. The first kappa shape index (κ1) is 27.0. The number of unbranched alkanes of at least 4 members (excludes halogenated alkanes) is 15. The van der Waals surface area contributed by atoms with Crippen molar-refractivity contribution >= 4 is 59.0 Å². The molecule has 0 aliphatic heterocycles. The zero-order valence-electron chi connectivity index (χ0n) is 14.8. The molecule has 0 amide bonds. The Morgan fingerprint density at radius 2 is 0.826 bits per heavy atom. The van der Waals surface area contributed by atoms with Gasteiger partial charge in [0, 0.05) is 6.16 Å². The van der Waals surface area contributed by atoms with Crippen LogP contribution in [0.3, 0.4) is 0 Å². The van der Waals surface area contributed by atoms with Crippen molar-refractivity contribution in [3.63, 3.8) is 0 Å². The van der Waals surface area contributed by atoms with Gasteiger partial charge in [0.15, 0.2) is 0 Å². The fraction of sp³-hybridized carbons (Fsp3) is 1.00. The van der Waals surface area contributed by atoms with Crippen molar-refractivity contribution < 1.29 is 14.4 Å². The Morgan fingerprint density at radius 1 is 0.565 bits per heavy atom. The van der Waals surface area contributed by atoms with E-state index in [-0.39, 0.29) is 57.5 Å². The van der Waals surface area contributed by atoms with E-state index < -0.39 is 7.60 Å². The molecule has 0 unspecified atom stereocenters. The zero-order chi connectivity index (χ0) is 16.5. The third-order valence-electron chi connectivity index (χ3n) is 4.30. The molecule has 0 atom stereocenters. The molecule has 0 bridgehead atoms. The topological polar surface area (TPSA) is 57.5 Å². The van der Waals surface area contributed by atoms with Crippen LogP contribution >= 0.6 is 7.60 Å². The molecule has 0 aromatic heterocycles. The molecule has 0 saturated heterocycles. The second-order valence-corrected chi connectivity index (χ2v) is 8.47. The van der Waals surface area contributed by atoms with Crippen LogP contribution in [0.2, 0.25) is 0 Å². The normalized spacial score (nSPS) is 11.4. The number of hydrogen-bond acceptors (Lipinski definition) is 1. The van der Waals surface area contributed by atoms with E-state index in [1.807, 2.05) is 0 Å². The first-order valence-corrected chi connectivity index (χ1v) is 11.4. The first-order valence-electron chi connectivity index (χ1n) is 9.61. The average Bonchev–Trinajstić information content (AvgIpc) is 2.45. The second-order valence-electron chi connectivity index (χ2n) is 6.69. The van der Waals surface area contributed by atoms with Crippen LogP contribution in [0.5, 0.6) is 0 Å². The third-order valence-corrected chi connectivity index (χ3v) is 5.20. The van der Waals surface area contributed by atoms with E-state index in [4.69, 9.17) is 9.79 Å². The van der Waals surface area contributed by atoms with Gasteiger partial charge in [-0.25, -0.2) is 0 Å². The molecule has 23 heavy (non-hydrogen) atoms. The van der Waals surface area contributed by atoms with Gasteiger partial charge >= 0.3 is 59.0 Å². The van der Waals surface area contributed by atoms with Crippen molar-refractivity contribution in [3.8, 4) is 0 Å². The van der Waals surface area contributed by atoms with E-state index in [0.29, 0.717) is 6.42 Å². The molecule has 0 aliphatic carbocycles. The fourth-order valence-corrected chi connectivity index (χ4v) is 3.50. The van der Waals surface area contributed by atoms with Gasteiger partial charge in [-0.3, -0.25) is 4.57 Å². The quantitative estimate of drug-likeness (QED) is 0.193. The van der Waals surface area contributed by atoms with Gasteiger partial charge in [0.25, 0.3) is 0 Å². The van der Waals surface area contributed by atoms with Crippen LogP contribution in [0.4, 0.5) is 0 Å². The molecule has 0 spiro atoms. The van der Waals surface area contributed by atoms with E-state index in [1.165, 1.54) is 83.5 Å². The van der Waals surface area contributed by atoms with Crippen LogP contribution in [-0.2, 0) is 4.57 Å². The van der Waals surface area contributed by atoms with Crippen LogP contribution in [0, 0.1) is 0 Å². The molecule has 0 fully saturated rings. The van der Waals surface area contributed by atoms with Crippen molar-refractivity contribution in [2.75, 3.05) is 6.16 Å². The van der Waals surface area contributed by atoms with Crippen molar-refractivity contribution in [3.05, 3.63) is 0 Å². The Morgan fingerprint density at radius 3 is 1.09 bits per heavy atom. The van der Waals surface area contributed by atoms with Crippen molar-refractivity contribution in [1.82, 2.24) is 0 Å². The molecule has 0 rings (SSSR count). The monoisotopic (exact) mass is 374 g/mol. The van der Waals surface area contributed by atoms with Gasteiger partial charge in [0.05, 0.1) is 0 Å². The molecule has 0 aromatic rings. The summed E-state index contributed by atoms with van der Waals surface area (Å²) in [6, 6.07) is 0. The molecule has 3 nitrogen and oxygen atoms in total. The molecular weight excluding hydrogens is 334 g/mol. The van der Waals surface area contributed by atoms with Gasteiger partial charge in [0.1, 0.15) is 0 Å². The van der Waals surface area contributed by atoms with Gasteiger partial charge in [-0.2, -0.15) is 0 Å². The summed E-state index contributed by atoms with van der Waals surface area (Å²) < 4.78 is 10.7. The molecular formula is C18H40KO3P. The summed E-state index contributed by atoms with van der Waals surface area (Å²) in [5.41, 5.74) is 0. The summed E-state index contributed by atoms with van der Waals surface area (Å²) in [6.07, 6.45) is 20.6. The Bertz CT molecular complexity index is 269. The predicted molar refractivity (Wildman–Crippen MR) is 104 cm³/mol. The standard InChI is InChI=1S/C18H39O3P.K.H/c1-2-3-4-5-6-7-8-9-10-11-12-13-14-15-16-17-18-22(19,20)21;;/h2-18H2,1H3,(H2,19,20,21);;. The molecule has 136 valence electrons. The van der Waals surface area contributed by atoms with E-state index in [9.17, 15) is 4.57 Å². The van der Waals surface area contributed by atoms with E-state index in [2.05, 4.69) is 6.92 Å². The summed E-state index contributed by atoms with van der Waals surface area (Å²) in [6.45, 7) is 2.27. The minimum atomic E-state index is -3.75. The first-order chi connectivity index (χ1) is 10.6. The van der Waals surface area contributed by atoms with Gasteiger partial charge in [0.2, 0.25) is 0 Å². The van der Waals surface area contributed by atoms with Crippen LogP contribution in [-0.4, -0.2) is 67.3 Å². The Labute approximate surface area is 187 Å². The van der Waals surface area contributed by atoms with Crippen LogP contribution < -0.4 is 0 Å². The van der Waals surface area contributed by atoms with Crippen LogP contribution in [0.15, 0.2) is 0 Å². The zero-order valence-corrected chi connectivity index (χ0v) is 15.7. The summed E-state index contributed by atoms with van der Waals surface area (Å²) >= 11 is 0. The second kappa shape index (κ2) is 20.1. The maximum atomic E-state index is 10.7. The van der Waals surface area contributed by atoms with Crippen LogP contribution in [0.1, 0.15) is 110 Å². The number of rotatable bonds is 17. The number of hydrogen-bond donors (Lipinski definition) is 2. The Kier molecular flexibility index (Phi) is 23.6. The van der Waals surface area contributed by atoms with Gasteiger partial charge in [-0.05, 0) is 6.42 Å². The molecule has 0 aromatic carbocycles. The Balaban J connectivity index is 0. The van der Waals surface area contributed by atoms with E-state index in [0.717, 1.165) is 12.8 Å². The van der Waals surface area contributed by atoms with Crippen molar-refractivity contribution in [2.45, 2.75) is 110 Å². The minimum absolute atomic E-state index is 0. The molecule has 0 heterocycles. The van der Waals surface area contributed by atoms with Gasteiger partial charge in [-0.15, -0.1) is 0 Å². The molecule has 0 radical (unpaired) electrons. The van der Waals surface area contributed by atoms with E-state index in [1.54, 1.807) is 0 Å². The van der Waals surface area contributed by atoms with Crippen LogP contribution in [0.25, 0.3) is 0 Å². The van der Waals surface area contributed by atoms with Gasteiger partial charge in [-0.1, -0.05) is 103 Å². The summed E-state index contributed by atoms with van der Waals surface area (Å²) in [4.78, 5) is 17.5. The van der Waals surface area contributed by atoms with Crippen molar-refractivity contribution in [2.24, 2.45) is 0 Å². The molecule has 5 heteroatoms. The van der Waals surface area contributed by atoms with E-state index >= 15 is 0 Å². The fourth-order valence-electron chi connectivity index (χ4n) is 2.87. The Hall–Kier alpha value is 1.79. The van der Waals surface area contributed by atoms with Gasteiger partial charge < -0.3 is 9.79 Å². The van der Waals surface area contributed by atoms with Crippen molar-refractivity contribution in [1.29, 1.82) is 0 Å². The third kappa shape index (κ3) is 26.1. The summed E-state index contributed by atoms with van der Waals surface area (Å²) in [5.74, 6) is 0. The average molecular weight is 375 g/mol. The predicted octanol–water partition coefficient (Wildman–Crippen LogP) is 5.78. The summed E-state index contributed by atoms with van der Waals surface area (Å²) in [7, 11) is -3.75. The molecule has 2 N–H and O–H groups in total. The molecule has 0 aliphatic rings.